The second kappa shape index (κ2) is 4.64. The minimum Gasteiger partial charge on any atom is -0.504 e. The fourth-order valence-electron chi connectivity index (χ4n) is 4.33. The Morgan fingerprint density at radius 2 is 2.05 bits per heavy atom. The lowest BCUT2D eigenvalue weighted by Crippen LogP contribution is -2.54. The minimum absolute atomic E-state index is 0.0154. The van der Waals surface area contributed by atoms with Gasteiger partial charge in [0.25, 0.3) is 0 Å². The van der Waals surface area contributed by atoms with Gasteiger partial charge in [0.1, 0.15) is 0 Å². The fourth-order valence-corrected chi connectivity index (χ4v) is 4.33. The molecule has 108 valence electrons. The summed E-state index contributed by atoms with van der Waals surface area (Å²) < 4.78 is 0. The van der Waals surface area contributed by atoms with Crippen LogP contribution in [0.4, 0.5) is 0 Å². The summed E-state index contributed by atoms with van der Waals surface area (Å²) in [4.78, 5) is 2.58. The van der Waals surface area contributed by atoms with Gasteiger partial charge >= 0.3 is 0 Å². The Morgan fingerprint density at radius 1 is 1.20 bits per heavy atom. The van der Waals surface area contributed by atoms with Gasteiger partial charge < -0.3 is 15.5 Å². The molecule has 0 aliphatic carbocycles. The fraction of sp³-hybridized carbons (Fsp3) is 0.625. The SMILES string of the molecule is Oc1cc2c(cc1O)[C@@H]1C[C@@H]3NCCC[C@@H]3CN1CC2. The number of aromatic hydroxyl groups is 2. The monoisotopic (exact) mass is 274 g/mol. The molecule has 2 fully saturated rings. The zero-order valence-corrected chi connectivity index (χ0v) is 11.7. The third-order valence-electron chi connectivity index (χ3n) is 5.38. The summed E-state index contributed by atoms with van der Waals surface area (Å²) in [6.07, 6.45) is 4.74. The van der Waals surface area contributed by atoms with Crippen LogP contribution in [0.25, 0.3) is 0 Å². The predicted octanol–water partition coefficient (Wildman–Crippen LogP) is 1.77. The summed E-state index contributed by atoms with van der Waals surface area (Å²) in [5.74, 6) is 0.818. The number of fused-ring (bicyclic) bond motifs is 4. The van der Waals surface area contributed by atoms with E-state index in [0.717, 1.165) is 31.8 Å². The van der Waals surface area contributed by atoms with Gasteiger partial charge in [-0.3, -0.25) is 4.90 Å². The van der Waals surface area contributed by atoms with E-state index in [1.54, 1.807) is 12.1 Å². The molecule has 1 aromatic carbocycles. The van der Waals surface area contributed by atoms with E-state index in [-0.39, 0.29) is 11.5 Å². The van der Waals surface area contributed by atoms with E-state index in [0.29, 0.717) is 12.1 Å². The molecule has 0 bridgehead atoms. The van der Waals surface area contributed by atoms with E-state index < -0.39 is 0 Å². The Kier molecular flexibility index (Phi) is 2.89. The first-order valence-corrected chi connectivity index (χ1v) is 7.74. The van der Waals surface area contributed by atoms with E-state index in [1.807, 2.05) is 0 Å². The van der Waals surface area contributed by atoms with E-state index in [1.165, 1.54) is 30.5 Å². The zero-order valence-electron chi connectivity index (χ0n) is 11.7. The molecular formula is C16H22N2O2. The summed E-state index contributed by atoms with van der Waals surface area (Å²) in [7, 11) is 0. The number of nitrogens with zero attached hydrogens (tertiary/aromatic N) is 1. The van der Waals surface area contributed by atoms with Crippen molar-refractivity contribution >= 4 is 0 Å². The number of nitrogens with one attached hydrogen (secondary N) is 1. The van der Waals surface area contributed by atoms with Crippen molar-refractivity contribution in [1.82, 2.24) is 10.2 Å². The van der Waals surface area contributed by atoms with Crippen LogP contribution < -0.4 is 5.32 Å². The second-order valence-corrected chi connectivity index (χ2v) is 6.50. The van der Waals surface area contributed by atoms with Crippen LogP contribution >= 0.6 is 0 Å². The minimum atomic E-state index is 0.0154. The molecule has 3 heterocycles. The smallest absolute Gasteiger partial charge is 0.157 e. The van der Waals surface area contributed by atoms with Gasteiger partial charge in [0.2, 0.25) is 0 Å². The lowest BCUT2D eigenvalue weighted by Gasteiger charge is -2.49. The van der Waals surface area contributed by atoms with Crippen molar-refractivity contribution in [3.63, 3.8) is 0 Å². The summed E-state index contributed by atoms with van der Waals surface area (Å²) in [5, 5.41) is 23.2. The molecule has 3 N–H and O–H groups in total. The molecule has 3 aliphatic heterocycles. The number of phenols is 2. The highest BCUT2D eigenvalue weighted by Gasteiger charge is 2.39. The van der Waals surface area contributed by atoms with Gasteiger partial charge in [0, 0.05) is 25.2 Å². The number of hydrogen-bond donors (Lipinski definition) is 3. The third-order valence-corrected chi connectivity index (χ3v) is 5.38. The molecule has 0 radical (unpaired) electrons. The number of rotatable bonds is 0. The highest BCUT2D eigenvalue weighted by molar-refractivity contribution is 5.48. The molecule has 4 rings (SSSR count). The summed E-state index contributed by atoms with van der Waals surface area (Å²) in [6.45, 7) is 3.39. The molecule has 4 heteroatoms. The lowest BCUT2D eigenvalue weighted by atomic mass is 9.77. The molecule has 2 saturated heterocycles. The molecular weight excluding hydrogens is 252 g/mol. The Morgan fingerprint density at radius 3 is 2.95 bits per heavy atom. The van der Waals surface area contributed by atoms with E-state index in [2.05, 4.69) is 10.2 Å². The van der Waals surface area contributed by atoms with Gasteiger partial charge in [-0.2, -0.15) is 0 Å². The van der Waals surface area contributed by atoms with Gasteiger partial charge in [-0.15, -0.1) is 0 Å². The maximum absolute atomic E-state index is 9.81. The van der Waals surface area contributed by atoms with Crippen LogP contribution in [0.3, 0.4) is 0 Å². The Labute approximate surface area is 119 Å². The molecule has 4 nitrogen and oxygen atoms in total. The number of hydrogen-bond acceptors (Lipinski definition) is 4. The highest BCUT2D eigenvalue weighted by Crippen LogP contribution is 2.43. The van der Waals surface area contributed by atoms with Crippen molar-refractivity contribution in [3.8, 4) is 11.5 Å². The van der Waals surface area contributed by atoms with Gasteiger partial charge in [-0.1, -0.05) is 0 Å². The van der Waals surface area contributed by atoms with Crippen LogP contribution in [0.5, 0.6) is 11.5 Å². The van der Waals surface area contributed by atoms with Crippen molar-refractivity contribution in [2.45, 2.75) is 37.8 Å². The number of piperidine rings is 2. The van der Waals surface area contributed by atoms with E-state index in [4.69, 9.17) is 0 Å². The molecule has 3 aliphatic rings. The molecule has 0 aromatic heterocycles. The first-order chi connectivity index (χ1) is 9.72. The second-order valence-electron chi connectivity index (χ2n) is 6.50. The van der Waals surface area contributed by atoms with Gasteiger partial charge in [0.05, 0.1) is 0 Å². The zero-order chi connectivity index (χ0) is 13.7. The topological polar surface area (TPSA) is 55.7 Å². The lowest BCUT2D eigenvalue weighted by molar-refractivity contribution is 0.0550. The van der Waals surface area contributed by atoms with Crippen LogP contribution in [0.2, 0.25) is 0 Å². The summed E-state index contributed by atoms with van der Waals surface area (Å²) in [6, 6.07) is 4.55. The van der Waals surface area contributed by atoms with Crippen molar-refractivity contribution in [2.24, 2.45) is 5.92 Å². The largest absolute Gasteiger partial charge is 0.504 e. The van der Waals surface area contributed by atoms with Crippen molar-refractivity contribution < 1.29 is 10.2 Å². The molecule has 0 amide bonds. The van der Waals surface area contributed by atoms with Crippen molar-refractivity contribution in [1.29, 1.82) is 0 Å². The average molecular weight is 274 g/mol. The standard InChI is InChI=1S/C16H22N2O2/c19-15-6-10-3-5-18-9-11-2-1-4-17-13(11)8-14(18)12(10)7-16(15)20/h6-7,11,13-14,17,19-20H,1-5,8-9H2/t11-,13+,14+/m1/s1. The Bertz CT molecular complexity index is 531. The first-order valence-electron chi connectivity index (χ1n) is 7.74. The molecule has 0 spiro atoms. The van der Waals surface area contributed by atoms with Crippen molar-refractivity contribution in [2.75, 3.05) is 19.6 Å². The molecule has 1 aromatic rings. The third kappa shape index (κ3) is 1.90. The van der Waals surface area contributed by atoms with E-state index in [9.17, 15) is 10.2 Å². The van der Waals surface area contributed by atoms with Crippen LogP contribution in [-0.4, -0.2) is 40.8 Å². The maximum atomic E-state index is 9.81. The first kappa shape index (κ1) is 12.5. The Balaban J connectivity index is 1.67. The summed E-state index contributed by atoms with van der Waals surface area (Å²) >= 11 is 0. The van der Waals surface area contributed by atoms with E-state index >= 15 is 0 Å². The quantitative estimate of drug-likeness (QED) is 0.631. The van der Waals surface area contributed by atoms with Crippen LogP contribution in [-0.2, 0) is 6.42 Å². The number of benzene rings is 1. The highest BCUT2D eigenvalue weighted by atomic mass is 16.3. The molecule has 3 atom stereocenters. The molecule has 0 saturated carbocycles. The average Bonchev–Trinajstić information content (AvgIpc) is 2.47. The molecule has 0 unspecified atom stereocenters. The van der Waals surface area contributed by atoms with Gasteiger partial charge in [-0.05, 0) is 61.4 Å². The van der Waals surface area contributed by atoms with Crippen LogP contribution in [0.1, 0.15) is 36.4 Å². The van der Waals surface area contributed by atoms with Crippen LogP contribution in [0.15, 0.2) is 12.1 Å². The maximum Gasteiger partial charge on any atom is 0.157 e. The summed E-state index contributed by atoms with van der Waals surface area (Å²) in [5.41, 5.74) is 2.42. The Hall–Kier alpha value is -1.26. The van der Waals surface area contributed by atoms with Gasteiger partial charge in [-0.25, -0.2) is 0 Å². The predicted molar refractivity (Wildman–Crippen MR) is 76.9 cm³/mol. The van der Waals surface area contributed by atoms with Crippen molar-refractivity contribution in [3.05, 3.63) is 23.3 Å². The molecule has 20 heavy (non-hydrogen) atoms. The van der Waals surface area contributed by atoms with Crippen LogP contribution in [0, 0.1) is 5.92 Å². The van der Waals surface area contributed by atoms with Gasteiger partial charge in [0.15, 0.2) is 11.5 Å². The number of phenolic OH excluding ortho intramolecular Hbond substituents is 2. The normalized spacial score (nSPS) is 33.1.